The second kappa shape index (κ2) is 13.8. The molecule has 1 N–H and O–H groups in total. The fraction of sp³-hybridized carbons (Fsp3) is 0.156. The second-order valence-corrected chi connectivity index (χ2v) is 10.6. The zero-order chi connectivity index (χ0) is 27.6. The van der Waals surface area contributed by atoms with E-state index in [-0.39, 0.29) is 18.7 Å². The maximum absolute atomic E-state index is 13.7. The van der Waals surface area contributed by atoms with Gasteiger partial charge < -0.3 is 5.11 Å². The summed E-state index contributed by atoms with van der Waals surface area (Å²) >= 11 is 7.48. The van der Waals surface area contributed by atoms with Gasteiger partial charge in [-0.1, -0.05) is 96.5 Å². The molecule has 0 aliphatic rings. The van der Waals surface area contributed by atoms with E-state index in [9.17, 15) is 19.5 Å². The minimum Gasteiger partial charge on any atom is -0.481 e. The van der Waals surface area contributed by atoms with Crippen molar-refractivity contribution in [2.45, 2.75) is 18.7 Å². The molecule has 0 aliphatic heterocycles. The van der Waals surface area contributed by atoms with Gasteiger partial charge in [0, 0.05) is 28.5 Å². The van der Waals surface area contributed by atoms with Crippen molar-refractivity contribution in [3.8, 4) is 11.1 Å². The molecule has 0 saturated heterocycles. The monoisotopic (exact) mass is 557 g/mol. The van der Waals surface area contributed by atoms with E-state index in [4.69, 9.17) is 11.6 Å². The average Bonchev–Trinajstić information content (AvgIpc) is 2.97. The summed E-state index contributed by atoms with van der Waals surface area (Å²) in [6.07, 6.45) is -0.283. The van der Waals surface area contributed by atoms with Gasteiger partial charge in [0.05, 0.1) is 12.5 Å². The number of nitrogens with zero attached hydrogens (tertiary/aromatic N) is 1. The summed E-state index contributed by atoms with van der Waals surface area (Å²) in [5, 5.41) is 10.4. The molecule has 198 valence electrons. The summed E-state index contributed by atoms with van der Waals surface area (Å²) in [4.78, 5) is 40.5. The average molecular weight is 558 g/mol. The molecule has 0 radical (unpaired) electrons. The van der Waals surface area contributed by atoms with E-state index < -0.39 is 23.7 Å². The van der Waals surface area contributed by atoms with Crippen LogP contribution in [0, 0.1) is 5.92 Å². The van der Waals surface area contributed by atoms with Crippen molar-refractivity contribution in [3.63, 3.8) is 0 Å². The van der Waals surface area contributed by atoms with Crippen LogP contribution in [0.15, 0.2) is 109 Å². The van der Waals surface area contributed by atoms with Gasteiger partial charge in [-0.3, -0.25) is 19.3 Å². The Labute approximate surface area is 237 Å². The minimum absolute atomic E-state index is 0.00783. The predicted octanol–water partition coefficient (Wildman–Crippen LogP) is 7.20. The van der Waals surface area contributed by atoms with E-state index in [1.54, 1.807) is 42.5 Å². The number of benzene rings is 4. The molecule has 0 saturated carbocycles. The smallest absolute Gasteiger partial charge is 0.307 e. The van der Waals surface area contributed by atoms with Gasteiger partial charge >= 0.3 is 5.97 Å². The van der Waals surface area contributed by atoms with Crippen molar-refractivity contribution < 1.29 is 19.5 Å². The van der Waals surface area contributed by atoms with Crippen molar-refractivity contribution in [1.29, 1.82) is 0 Å². The second-order valence-electron chi connectivity index (χ2n) is 9.10. The fourth-order valence-corrected chi connectivity index (χ4v) is 5.31. The maximum atomic E-state index is 13.7. The molecule has 5 nitrogen and oxygen atoms in total. The van der Waals surface area contributed by atoms with Gasteiger partial charge in [0.25, 0.3) is 5.91 Å². The molecule has 0 fully saturated rings. The largest absolute Gasteiger partial charge is 0.481 e. The number of carbonyl (C=O) groups is 3. The molecule has 2 amide bonds. The van der Waals surface area contributed by atoms with E-state index in [0.29, 0.717) is 21.9 Å². The van der Waals surface area contributed by atoms with Crippen LogP contribution in [0.4, 0.5) is 0 Å². The van der Waals surface area contributed by atoms with E-state index in [1.807, 2.05) is 66.7 Å². The molecule has 4 rings (SSSR count). The lowest BCUT2D eigenvalue weighted by Crippen LogP contribution is -2.38. The first-order valence-corrected chi connectivity index (χ1v) is 14.0. The van der Waals surface area contributed by atoms with Crippen LogP contribution in [0.3, 0.4) is 0 Å². The zero-order valence-corrected chi connectivity index (χ0v) is 22.8. The normalized spacial score (nSPS) is 11.5. The highest BCUT2D eigenvalue weighted by Crippen LogP contribution is 2.24. The molecular weight excluding hydrogens is 530 g/mol. The van der Waals surface area contributed by atoms with Crippen LogP contribution in [0.1, 0.15) is 27.9 Å². The van der Waals surface area contributed by atoms with Crippen molar-refractivity contribution in [3.05, 3.63) is 131 Å². The molecule has 0 heterocycles. The number of hydrogen-bond acceptors (Lipinski definition) is 4. The summed E-state index contributed by atoms with van der Waals surface area (Å²) in [5.74, 6) is -2.11. The van der Waals surface area contributed by atoms with Crippen molar-refractivity contribution in [1.82, 2.24) is 4.90 Å². The Morgan fingerprint density at radius 3 is 2.08 bits per heavy atom. The summed E-state index contributed by atoms with van der Waals surface area (Å²) in [6, 6.07) is 33.4. The number of rotatable bonds is 11. The van der Waals surface area contributed by atoms with Gasteiger partial charge in [0.1, 0.15) is 0 Å². The van der Waals surface area contributed by atoms with Gasteiger partial charge in [-0.25, -0.2) is 0 Å². The Bertz CT molecular complexity index is 1410. The zero-order valence-electron chi connectivity index (χ0n) is 21.2. The van der Waals surface area contributed by atoms with Gasteiger partial charge in [-0.15, -0.1) is 0 Å². The third-order valence-electron chi connectivity index (χ3n) is 6.22. The molecule has 0 spiro atoms. The van der Waals surface area contributed by atoms with Gasteiger partial charge in [0.2, 0.25) is 5.91 Å². The lowest BCUT2D eigenvalue weighted by Gasteiger charge is -2.23. The molecule has 0 unspecified atom stereocenters. The number of hydrogen-bond donors (Lipinski definition) is 1. The summed E-state index contributed by atoms with van der Waals surface area (Å²) in [6.45, 7) is 0.00783. The molecule has 1 atom stereocenters. The Morgan fingerprint density at radius 1 is 0.769 bits per heavy atom. The number of carboxylic acid groups (broad SMARTS) is 1. The first-order chi connectivity index (χ1) is 18.9. The summed E-state index contributed by atoms with van der Waals surface area (Å²) in [7, 11) is 0. The summed E-state index contributed by atoms with van der Waals surface area (Å²) < 4.78 is 0. The highest BCUT2D eigenvalue weighted by molar-refractivity contribution is 7.98. The van der Waals surface area contributed by atoms with Crippen LogP contribution in [0.5, 0.6) is 0 Å². The Morgan fingerprint density at radius 2 is 1.41 bits per heavy atom. The molecule has 0 aromatic heterocycles. The van der Waals surface area contributed by atoms with Crippen molar-refractivity contribution in [2.24, 2.45) is 5.92 Å². The fourth-order valence-electron chi connectivity index (χ4n) is 4.10. The van der Waals surface area contributed by atoms with Crippen molar-refractivity contribution in [2.75, 3.05) is 5.75 Å². The first kappa shape index (κ1) is 28.1. The van der Waals surface area contributed by atoms with E-state index in [1.165, 1.54) is 11.8 Å². The number of amides is 2. The molecule has 39 heavy (non-hydrogen) atoms. The van der Waals surface area contributed by atoms with Gasteiger partial charge in [-0.05, 0) is 46.5 Å². The molecular formula is C32H28ClNO4S. The Balaban J connectivity index is 1.54. The Hall–Kier alpha value is -3.87. The van der Waals surface area contributed by atoms with Crippen LogP contribution < -0.4 is 0 Å². The predicted molar refractivity (Wildman–Crippen MR) is 157 cm³/mol. The molecule has 7 heteroatoms. The van der Waals surface area contributed by atoms with Crippen LogP contribution in [-0.2, 0) is 21.9 Å². The van der Waals surface area contributed by atoms with Crippen LogP contribution in [-0.4, -0.2) is 33.5 Å². The first-order valence-electron chi connectivity index (χ1n) is 12.5. The topological polar surface area (TPSA) is 74.7 Å². The molecule has 0 bridgehead atoms. The van der Waals surface area contributed by atoms with Crippen LogP contribution in [0.25, 0.3) is 11.1 Å². The number of thioether (sulfide) groups is 1. The maximum Gasteiger partial charge on any atom is 0.307 e. The van der Waals surface area contributed by atoms with E-state index in [2.05, 4.69) is 0 Å². The highest BCUT2D eigenvalue weighted by Gasteiger charge is 2.29. The minimum atomic E-state index is -1.06. The molecule has 4 aromatic rings. The van der Waals surface area contributed by atoms with Crippen molar-refractivity contribution >= 4 is 41.1 Å². The van der Waals surface area contributed by atoms with Crippen LogP contribution >= 0.6 is 23.4 Å². The standard InChI is InChI=1S/C32H28ClNO4S/c33-29-16-14-23(15-17-29)20-34(31(36)27-13-7-12-26(18-27)25-10-5-2-6-11-25)30(35)19-28(32(37)38)22-39-21-24-8-3-1-4-9-24/h1-18,28H,19-22H2,(H,37,38)/t28-/m0/s1. The summed E-state index contributed by atoms with van der Waals surface area (Å²) in [5.41, 5.74) is 3.94. The van der Waals surface area contributed by atoms with E-state index >= 15 is 0 Å². The number of imide groups is 1. The number of carboxylic acids is 1. The third kappa shape index (κ3) is 8.06. The van der Waals surface area contributed by atoms with Gasteiger partial charge in [0.15, 0.2) is 0 Å². The molecule has 4 aromatic carbocycles. The van der Waals surface area contributed by atoms with Gasteiger partial charge in [-0.2, -0.15) is 11.8 Å². The number of carbonyl (C=O) groups excluding carboxylic acids is 2. The van der Waals surface area contributed by atoms with E-state index in [0.717, 1.165) is 21.6 Å². The number of halogens is 1. The molecule has 0 aliphatic carbocycles. The Kier molecular flexibility index (Phi) is 9.95. The lowest BCUT2D eigenvalue weighted by atomic mass is 10.0. The lowest BCUT2D eigenvalue weighted by molar-refractivity contribution is -0.144. The number of aliphatic carboxylic acids is 1. The third-order valence-corrected chi connectivity index (χ3v) is 7.65. The highest BCUT2D eigenvalue weighted by atomic mass is 35.5. The SMILES string of the molecule is O=C(O)[C@H](CSCc1ccccc1)CC(=O)N(Cc1ccc(Cl)cc1)C(=O)c1cccc(-c2ccccc2)c1. The quantitative estimate of drug-likeness (QED) is 0.211. The van der Waals surface area contributed by atoms with Crippen LogP contribution in [0.2, 0.25) is 5.02 Å².